The minimum Gasteiger partial charge on any atom is -0.465 e. The van der Waals surface area contributed by atoms with Crippen LogP contribution in [-0.4, -0.2) is 40.1 Å². The quantitative estimate of drug-likeness (QED) is 0.619. The second-order valence-electron chi connectivity index (χ2n) is 4.80. The summed E-state index contributed by atoms with van der Waals surface area (Å²) in [4.78, 5) is 38.3. The molecule has 0 unspecified atom stereocenters. The molecular weight excluding hydrogens is 290 g/mol. The van der Waals surface area contributed by atoms with Crippen molar-refractivity contribution in [1.82, 2.24) is 4.98 Å². The molecule has 0 aliphatic rings. The van der Waals surface area contributed by atoms with E-state index in [-0.39, 0.29) is 28.5 Å². The number of esters is 1. The van der Waals surface area contributed by atoms with E-state index in [0.717, 1.165) is 0 Å². The molecule has 0 aliphatic heterocycles. The van der Waals surface area contributed by atoms with Crippen molar-refractivity contribution < 1.29 is 19.1 Å². The van der Waals surface area contributed by atoms with Crippen LogP contribution in [0.3, 0.4) is 0 Å². The van der Waals surface area contributed by atoms with E-state index in [2.05, 4.69) is 4.98 Å². The number of hydrogen-bond donors (Lipinski definition) is 1. The molecule has 1 heterocycles. The summed E-state index contributed by atoms with van der Waals surface area (Å²) < 4.78 is 4.83. The van der Waals surface area contributed by atoms with Crippen molar-refractivity contribution in [3.8, 4) is 0 Å². The lowest BCUT2D eigenvalue weighted by atomic mass is 10.0. The summed E-state index contributed by atoms with van der Waals surface area (Å²) >= 11 is 1.23. The number of aromatic nitrogens is 1. The summed E-state index contributed by atoms with van der Waals surface area (Å²) in [6.45, 7) is 8.84. The fourth-order valence-corrected chi connectivity index (χ4v) is 2.94. The molecule has 0 bridgehead atoms. The van der Waals surface area contributed by atoms with Gasteiger partial charge in [-0.05, 0) is 40.2 Å². The van der Waals surface area contributed by atoms with Crippen molar-refractivity contribution in [1.29, 1.82) is 0 Å². The van der Waals surface area contributed by atoms with E-state index >= 15 is 0 Å². The highest BCUT2D eigenvalue weighted by Crippen LogP contribution is 2.23. The fourth-order valence-electron chi connectivity index (χ4n) is 2.20. The average Bonchev–Trinajstić information content (AvgIpc) is 2.70. The van der Waals surface area contributed by atoms with Gasteiger partial charge in [0.25, 0.3) is 0 Å². The van der Waals surface area contributed by atoms with Crippen molar-refractivity contribution in [3.63, 3.8) is 0 Å². The van der Waals surface area contributed by atoms with Crippen LogP contribution < -0.4 is 0 Å². The lowest BCUT2D eigenvalue weighted by Gasteiger charge is -2.09. The number of ketones is 2. The zero-order valence-corrected chi connectivity index (χ0v) is 13.8. The van der Waals surface area contributed by atoms with Crippen molar-refractivity contribution >= 4 is 29.3 Å². The van der Waals surface area contributed by atoms with Crippen LogP contribution in [0.4, 0.5) is 0 Å². The summed E-state index contributed by atoms with van der Waals surface area (Å²) in [7, 11) is 0. The summed E-state index contributed by atoms with van der Waals surface area (Å²) in [6, 6.07) is 0. The maximum atomic E-state index is 12.4. The smallest absolute Gasteiger partial charge is 0.315 e. The lowest BCUT2D eigenvalue weighted by molar-refractivity contribution is -0.139. The third-order valence-electron chi connectivity index (χ3n) is 3.16. The van der Waals surface area contributed by atoms with Crippen LogP contribution in [0.2, 0.25) is 0 Å². The number of carbonyl (C=O) groups is 3. The zero-order valence-electron chi connectivity index (χ0n) is 13.0. The summed E-state index contributed by atoms with van der Waals surface area (Å²) in [5, 5.41) is -0.383. The minimum atomic E-state index is -0.383. The summed E-state index contributed by atoms with van der Waals surface area (Å²) in [6.07, 6.45) is 0. The molecule has 1 N–H and O–H groups in total. The number of Topliss-reactive ketones (excluding diaryl/α,β-unsaturated/α-hetero) is 2. The van der Waals surface area contributed by atoms with Gasteiger partial charge in [0.05, 0.1) is 23.3 Å². The van der Waals surface area contributed by atoms with Gasteiger partial charge in [0.1, 0.15) is 0 Å². The number of aromatic amines is 1. The number of carbonyl (C=O) groups excluding carboxylic acids is 3. The molecule has 0 amide bonds. The van der Waals surface area contributed by atoms with Gasteiger partial charge >= 0.3 is 5.97 Å². The zero-order chi connectivity index (χ0) is 16.2. The number of rotatable bonds is 7. The van der Waals surface area contributed by atoms with Gasteiger partial charge in [-0.3, -0.25) is 14.4 Å². The van der Waals surface area contributed by atoms with Gasteiger partial charge in [-0.2, -0.15) is 0 Å². The van der Waals surface area contributed by atoms with Crippen molar-refractivity contribution in [2.24, 2.45) is 0 Å². The number of thioether (sulfide) groups is 1. The average molecular weight is 311 g/mol. The Morgan fingerprint density at radius 1 is 1.29 bits per heavy atom. The number of hydrogen-bond acceptors (Lipinski definition) is 5. The molecule has 1 rings (SSSR count). The van der Waals surface area contributed by atoms with Gasteiger partial charge in [0.2, 0.25) is 0 Å². The number of nitrogens with one attached hydrogen (secondary N) is 1. The number of aryl methyl sites for hydroxylation is 1. The standard InChI is InChI=1S/C15H21NO4S/c1-6-20-12(18)7-21-11(5)15(19)14-8(2)13(10(4)17)9(3)16-14/h11,16H,6-7H2,1-5H3/t11-/m1/s1. The van der Waals surface area contributed by atoms with E-state index in [4.69, 9.17) is 4.74 Å². The fraction of sp³-hybridized carbons (Fsp3) is 0.533. The number of ether oxygens (including phenoxy) is 1. The Hall–Kier alpha value is -1.56. The van der Waals surface area contributed by atoms with Gasteiger partial charge in [-0.25, -0.2) is 0 Å². The Kier molecular flexibility index (Phi) is 6.20. The molecule has 0 radical (unpaired) electrons. The van der Waals surface area contributed by atoms with E-state index in [1.165, 1.54) is 18.7 Å². The van der Waals surface area contributed by atoms with Crippen LogP contribution in [0.1, 0.15) is 52.9 Å². The van der Waals surface area contributed by atoms with Gasteiger partial charge in [0.15, 0.2) is 11.6 Å². The summed E-state index contributed by atoms with van der Waals surface area (Å²) in [5.74, 6) is -0.366. The van der Waals surface area contributed by atoms with Crippen LogP contribution in [0.25, 0.3) is 0 Å². The van der Waals surface area contributed by atoms with E-state index in [9.17, 15) is 14.4 Å². The van der Waals surface area contributed by atoms with E-state index in [1.54, 1.807) is 27.7 Å². The Morgan fingerprint density at radius 2 is 1.90 bits per heavy atom. The third-order valence-corrected chi connectivity index (χ3v) is 4.28. The van der Waals surface area contributed by atoms with Crippen LogP contribution in [0, 0.1) is 13.8 Å². The predicted octanol–water partition coefficient (Wildman–Crippen LogP) is 2.70. The van der Waals surface area contributed by atoms with E-state index < -0.39 is 0 Å². The second-order valence-corrected chi connectivity index (χ2v) is 6.13. The van der Waals surface area contributed by atoms with E-state index in [0.29, 0.717) is 29.1 Å². The molecule has 21 heavy (non-hydrogen) atoms. The number of H-pyrrole nitrogens is 1. The van der Waals surface area contributed by atoms with Crippen molar-refractivity contribution in [3.05, 3.63) is 22.5 Å². The molecule has 116 valence electrons. The van der Waals surface area contributed by atoms with Crippen LogP contribution in [0.5, 0.6) is 0 Å². The Bertz CT molecular complexity index is 562. The highest BCUT2D eigenvalue weighted by molar-refractivity contribution is 8.01. The third kappa shape index (κ3) is 4.20. The van der Waals surface area contributed by atoms with Gasteiger partial charge in [-0.15, -0.1) is 11.8 Å². The van der Waals surface area contributed by atoms with Gasteiger partial charge in [0, 0.05) is 11.3 Å². The molecule has 0 spiro atoms. The largest absolute Gasteiger partial charge is 0.465 e. The highest BCUT2D eigenvalue weighted by atomic mass is 32.2. The molecule has 1 aromatic heterocycles. The first kappa shape index (κ1) is 17.5. The Labute approximate surface area is 128 Å². The highest BCUT2D eigenvalue weighted by Gasteiger charge is 2.24. The normalized spacial score (nSPS) is 12.0. The first-order valence-corrected chi connectivity index (χ1v) is 7.85. The molecular formula is C15H21NO4S. The molecule has 0 saturated carbocycles. The van der Waals surface area contributed by atoms with Gasteiger partial charge in [-0.1, -0.05) is 0 Å². The Morgan fingerprint density at radius 3 is 2.38 bits per heavy atom. The molecule has 0 fully saturated rings. The van der Waals surface area contributed by atoms with E-state index in [1.807, 2.05) is 0 Å². The SMILES string of the molecule is CCOC(=O)CS[C@H](C)C(=O)c1[nH]c(C)c(C(C)=O)c1C. The monoisotopic (exact) mass is 311 g/mol. The predicted molar refractivity (Wildman–Crippen MR) is 83.2 cm³/mol. The molecule has 0 aromatic carbocycles. The second kappa shape index (κ2) is 7.45. The summed E-state index contributed by atoms with van der Waals surface area (Å²) in [5.41, 5.74) is 2.39. The Balaban J connectivity index is 2.82. The molecule has 1 atom stereocenters. The minimum absolute atomic E-state index is 0.0628. The molecule has 0 aliphatic carbocycles. The maximum Gasteiger partial charge on any atom is 0.315 e. The van der Waals surface area contributed by atoms with Crippen molar-refractivity contribution in [2.75, 3.05) is 12.4 Å². The van der Waals surface area contributed by atoms with Crippen molar-refractivity contribution in [2.45, 2.75) is 39.9 Å². The lowest BCUT2D eigenvalue weighted by Crippen LogP contribution is -2.18. The topological polar surface area (TPSA) is 76.2 Å². The molecule has 6 heteroatoms. The van der Waals surface area contributed by atoms with Gasteiger partial charge < -0.3 is 9.72 Å². The van der Waals surface area contributed by atoms with Crippen LogP contribution >= 0.6 is 11.8 Å². The maximum absolute atomic E-state index is 12.4. The molecule has 5 nitrogen and oxygen atoms in total. The first-order chi connectivity index (χ1) is 9.79. The molecule has 0 saturated heterocycles. The molecule has 1 aromatic rings. The van der Waals surface area contributed by atoms with Crippen LogP contribution in [0.15, 0.2) is 0 Å². The first-order valence-electron chi connectivity index (χ1n) is 6.81. The van der Waals surface area contributed by atoms with Crippen LogP contribution in [-0.2, 0) is 9.53 Å².